The number of nitrogens with zero attached hydrogens (tertiary/aromatic N) is 3. The summed E-state index contributed by atoms with van der Waals surface area (Å²) in [7, 11) is 0. The highest BCUT2D eigenvalue weighted by Gasteiger charge is 2.17. The minimum absolute atomic E-state index is 0.120. The number of aryl methyl sites for hydroxylation is 1. The summed E-state index contributed by atoms with van der Waals surface area (Å²) < 4.78 is 14.9. The van der Waals surface area contributed by atoms with E-state index in [2.05, 4.69) is 15.5 Å². The van der Waals surface area contributed by atoms with Gasteiger partial charge in [-0.1, -0.05) is 29.4 Å². The maximum absolute atomic E-state index is 13.1. The van der Waals surface area contributed by atoms with Crippen molar-refractivity contribution in [3.05, 3.63) is 70.3 Å². The van der Waals surface area contributed by atoms with Crippen molar-refractivity contribution in [2.24, 2.45) is 0 Å². The fraction of sp³-hybridized carbons (Fsp3) is 0.238. The number of hydrogen-bond acceptors (Lipinski definition) is 5. The Balaban J connectivity index is 1.84. The molecule has 3 aromatic rings. The lowest BCUT2D eigenvalue weighted by Gasteiger charge is -2.11. The van der Waals surface area contributed by atoms with E-state index >= 15 is 0 Å². The Morgan fingerprint density at radius 3 is 2.57 bits per heavy atom. The molecule has 30 heavy (non-hydrogen) atoms. The molecule has 0 aliphatic rings. The molecule has 0 saturated carbocycles. The Labute approximate surface area is 182 Å². The zero-order valence-electron chi connectivity index (χ0n) is 16.5. The van der Waals surface area contributed by atoms with Gasteiger partial charge in [0.15, 0.2) is 10.9 Å². The molecule has 0 aliphatic carbocycles. The van der Waals surface area contributed by atoms with Crippen molar-refractivity contribution in [1.82, 2.24) is 20.1 Å². The zero-order valence-corrected chi connectivity index (χ0v) is 18.1. The number of hydrogen-bond donors (Lipinski definition) is 1. The first kappa shape index (κ1) is 22.0. The minimum Gasteiger partial charge on any atom is -0.356 e. The third-order valence-electron chi connectivity index (χ3n) is 4.34. The first-order valence-electron chi connectivity index (χ1n) is 9.22. The van der Waals surface area contributed by atoms with Crippen LogP contribution < -0.4 is 5.32 Å². The van der Waals surface area contributed by atoms with Gasteiger partial charge in [-0.2, -0.15) is 0 Å². The second-order valence-corrected chi connectivity index (χ2v) is 7.97. The molecule has 0 spiro atoms. The highest BCUT2D eigenvalue weighted by molar-refractivity contribution is 7.99. The minimum atomic E-state index is -0.390. The van der Waals surface area contributed by atoms with E-state index in [1.165, 1.54) is 43.0 Å². The molecule has 2 aromatic carbocycles. The molecule has 156 valence electrons. The number of thioether (sulfide) groups is 1. The van der Waals surface area contributed by atoms with Crippen LogP contribution in [0.3, 0.4) is 0 Å². The van der Waals surface area contributed by atoms with Gasteiger partial charge in [-0.15, -0.1) is 10.2 Å². The van der Waals surface area contributed by atoms with Crippen molar-refractivity contribution in [2.45, 2.75) is 25.4 Å². The fourth-order valence-corrected chi connectivity index (χ4v) is 3.78. The summed E-state index contributed by atoms with van der Waals surface area (Å²) in [4.78, 5) is 23.6. The second-order valence-electron chi connectivity index (χ2n) is 6.62. The highest BCUT2D eigenvalue weighted by atomic mass is 35.5. The molecule has 0 unspecified atom stereocenters. The highest BCUT2D eigenvalue weighted by Crippen LogP contribution is 2.26. The van der Waals surface area contributed by atoms with Crippen LogP contribution in [0, 0.1) is 12.7 Å². The molecule has 0 atom stereocenters. The van der Waals surface area contributed by atoms with Gasteiger partial charge in [0, 0.05) is 30.5 Å². The van der Waals surface area contributed by atoms with Crippen LogP contribution in [0.2, 0.25) is 5.02 Å². The summed E-state index contributed by atoms with van der Waals surface area (Å²) in [6.45, 7) is 3.77. The van der Waals surface area contributed by atoms with Crippen LogP contribution in [0.15, 0.2) is 47.6 Å². The number of aromatic nitrogens is 3. The monoisotopic (exact) mass is 446 g/mol. The molecule has 0 saturated heterocycles. The van der Waals surface area contributed by atoms with Crippen molar-refractivity contribution in [2.75, 3.05) is 12.3 Å². The molecule has 3 rings (SSSR count). The van der Waals surface area contributed by atoms with Crippen LogP contribution >= 0.6 is 23.4 Å². The molecular formula is C21H20ClFN4O2S. The predicted octanol–water partition coefficient (Wildman–Crippen LogP) is 4.02. The van der Waals surface area contributed by atoms with Gasteiger partial charge in [0.05, 0.1) is 11.4 Å². The lowest BCUT2D eigenvalue weighted by molar-refractivity contribution is -0.118. The third-order valence-corrected chi connectivity index (χ3v) is 5.67. The van der Waals surface area contributed by atoms with Gasteiger partial charge >= 0.3 is 0 Å². The van der Waals surface area contributed by atoms with Crippen molar-refractivity contribution in [3.63, 3.8) is 0 Å². The van der Waals surface area contributed by atoms with E-state index in [1.54, 1.807) is 0 Å². The number of halogens is 2. The smallest absolute Gasteiger partial charge is 0.216 e. The number of carbonyl (C=O) groups is 2. The quantitative estimate of drug-likeness (QED) is 0.417. The Kier molecular flexibility index (Phi) is 7.23. The van der Waals surface area contributed by atoms with Gasteiger partial charge in [-0.05, 0) is 48.9 Å². The van der Waals surface area contributed by atoms with Crippen molar-refractivity contribution < 1.29 is 14.0 Å². The predicted molar refractivity (Wildman–Crippen MR) is 115 cm³/mol. The van der Waals surface area contributed by atoms with Crippen LogP contribution in [-0.2, 0) is 11.2 Å². The normalized spacial score (nSPS) is 10.8. The molecule has 6 nitrogen and oxygen atoms in total. The van der Waals surface area contributed by atoms with E-state index in [0.717, 1.165) is 11.3 Å². The topological polar surface area (TPSA) is 76.9 Å². The van der Waals surface area contributed by atoms with Gasteiger partial charge in [-0.3, -0.25) is 14.2 Å². The Morgan fingerprint density at radius 2 is 1.90 bits per heavy atom. The maximum Gasteiger partial charge on any atom is 0.216 e. The number of benzene rings is 2. The molecule has 1 N–H and O–H groups in total. The Hall–Kier alpha value is -2.71. The average molecular weight is 447 g/mol. The van der Waals surface area contributed by atoms with Crippen molar-refractivity contribution in [1.29, 1.82) is 0 Å². The molecule has 1 aromatic heterocycles. The second kappa shape index (κ2) is 9.86. The fourth-order valence-electron chi connectivity index (χ4n) is 2.74. The molecule has 0 aliphatic heterocycles. The zero-order chi connectivity index (χ0) is 21.7. The Morgan fingerprint density at radius 1 is 1.17 bits per heavy atom. The van der Waals surface area contributed by atoms with Crippen LogP contribution in [0.4, 0.5) is 4.39 Å². The summed E-state index contributed by atoms with van der Waals surface area (Å²) in [5.41, 5.74) is 2.14. The van der Waals surface area contributed by atoms with Gasteiger partial charge in [-0.25, -0.2) is 4.39 Å². The number of Topliss-reactive ketones (excluding diaryl/α,β-unsaturated/α-hetero) is 1. The first-order valence-corrected chi connectivity index (χ1v) is 10.6. The first-order chi connectivity index (χ1) is 14.3. The van der Waals surface area contributed by atoms with Crippen LogP contribution in [0.1, 0.15) is 28.7 Å². The van der Waals surface area contributed by atoms with Crippen LogP contribution in [-0.4, -0.2) is 38.8 Å². The molecule has 0 fully saturated rings. The summed E-state index contributed by atoms with van der Waals surface area (Å²) in [6.07, 6.45) is 0.463. The van der Waals surface area contributed by atoms with E-state index in [-0.39, 0.29) is 23.3 Å². The molecule has 1 heterocycles. The summed E-state index contributed by atoms with van der Waals surface area (Å²) in [6, 6.07) is 11.0. The standard InChI is InChI=1S/C21H20ClFN4O2S/c1-13-3-8-17(11-18(13)22)27-20(9-10-24-14(2)28)25-26-21(27)30-12-19(29)15-4-6-16(23)7-5-15/h3-8,11H,9-10,12H2,1-2H3,(H,24,28). The van der Waals surface area contributed by atoms with Gasteiger partial charge in [0.1, 0.15) is 11.6 Å². The third kappa shape index (κ3) is 5.46. The van der Waals surface area contributed by atoms with Gasteiger partial charge in [0.25, 0.3) is 0 Å². The SMILES string of the molecule is CC(=O)NCCc1nnc(SCC(=O)c2ccc(F)cc2)n1-c1ccc(C)c(Cl)c1. The van der Waals surface area contributed by atoms with Crippen LogP contribution in [0.5, 0.6) is 0 Å². The summed E-state index contributed by atoms with van der Waals surface area (Å²) in [5.74, 6) is 0.101. The maximum atomic E-state index is 13.1. The van der Waals surface area contributed by atoms with Crippen molar-refractivity contribution in [3.8, 4) is 5.69 Å². The van der Waals surface area contributed by atoms with E-state index in [4.69, 9.17) is 11.6 Å². The summed E-state index contributed by atoms with van der Waals surface area (Å²) in [5, 5.41) is 12.3. The number of nitrogens with one attached hydrogen (secondary N) is 1. The largest absolute Gasteiger partial charge is 0.356 e. The lowest BCUT2D eigenvalue weighted by atomic mass is 10.1. The Bertz CT molecular complexity index is 1070. The van der Waals surface area contributed by atoms with E-state index in [0.29, 0.717) is 34.5 Å². The number of amides is 1. The number of carbonyl (C=O) groups excluding carboxylic acids is 2. The molecular weight excluding hydrogens is 427 g/mol. The van der Waals surface area contributed by atoms with Crippen LogP contribution in [0.25, 0.3) is 5.69 Å². The van der Waals surface area contributed by atoms with E-state index < -0.39 is 0 Å². The lowest BCUT2D eigenvalue weighted by Crippen LogP contribution is -2.23. The molecule has 1 amide bonds. The van der Waals surface area contributed by atoms with E-state index in [1.807, 2.05) is 29.7 Å². The van der Waals surface area contributed by atoms with Gasteiger partial charge in [0.2, 0.25) is 5.91 Å². The van der Waals surface area contributed by atoms with Gasteiger partial charge < -0.3 is 5.32 Å². The molecule has 0 radical (unpaired) electrons. The van der Waals surface area contributed by atoms with E-state index in [9.17, 15) is 14.0 Å². The summed E-state index contributed by atoms with van der Waals surface area (Å²) >= 11 is 7.53. The number of rotatable bonds is 8. The molecule has 9 heteroatoms. The van der Waals surface area contributed by atoms with Crippen molar-refractivity contribution >= 4 is 35.1 Å². The number of ketones is 1. The molecule has 0 bridgehead atoms. The average Bonchev–Trinajstić information content (AvgIpc) is 3.11.